The molecule has 92 valence electrons. The Bertz CT molecular complexity index is 445. The van der Waals surface area contributed by atoms with Gasteiger partial charge in [-0.05, 0) is 19.1 Å². The highest BCUT2D eigenvalue weighted by Crippen LogP contribution is 2.16. The first-order valence-corrected chi connectivity index (χ1v) is 5.44. The van der Waals surface area contributed by atoms with Crippen molar-refractivity contribution in [2.75, 3.05) is 0 Å². The van der Waals surface area contributed by atoms with Crippen molar-refractivity contribution in [3.8, 4) is 5.75 Å². The third-order valence-electron chi connectivity index (χ3n) is 2.23. The number of hydrogen-bond donors (Lipinski definition) is 2. The van der Waals surface area contributed by atoms with E-state index in [2.05, 4.69) is 10.5 Å². The SMILES string of the molecule is Cc1ccc(O)c(/C=N/NC(=O)C(C)(C)C)c1. The quantitative estimate of drug-likeness (QED) is 0.608. The Morgan fingerprint density at radius 2 is 2.06 bits per heavy atom. The van der Waals surface area contributed by atoms with Gasteiger partial charge >= 0.3 is 0 Å². The van der Waals surface area contributed by atoms with Crippen LogP contribution in [0, 0.1) is 12.3 Å². The first kappa shape index (κ1) is 13.2. The van der Waals surface area contributed by atoms with Crippen molar-refractivity contribution in [3.05, 3.63) is 29.3 Å². The predicted octanol–water partition coefficient (Wildman–Crippen LogP) is 2.20. The second-order valence-corrected chi connectivity index (χ2v) is 5.01. The van der Waals surface area contributed by atoms with E-state index in [0.29, 0.717) is 5.56 Å². The summed E-state index contributed by atoms with van der Waals surface area (Å²) in [6.45, 7) is 7.34. The number of nitrogens with one attached hydrogen (secondary N) is 1. The molecule has 2 N–H and O–H groups in total. The number of hydrazone groups is 1. The molecule has 1 rings (SSSR count). The zero-order valence-electron chi connectivity index (χ0n) is 10.6. The monoisotopic (exact) mass is 234 g/mol. The zero-order chi connectivity index (χ0) is 13.1. The van der Waals surface area contributed by atoms with E-state index in [1.54, 1.807) is 18.2 Å². The molecule has 0 heterocycles. The van der Waals surface area contributed by atoms with Crippen LogP contribution in [-0.2, 0) is 4.79 Å². The summed E-state index contributed by atoms with van der Waals surface area (Å²) in [5.41, 5.74) is 3.56. The van der Waals surface area contributed by atoms with Crippen LogP contribution in [0.25, 0.3) is 0 Å². The minimum absolute atomic E-state index is 0.143. The molecule has 0 atom stereocenters. The van der Waals surface area contributed by atoms with E-state index in [1.165, 1.54) is 6.21 Å². The van der Waals surface area contributed by atoms with Crippen LogP contribution in [0.2, 0.25) is 0 Å². The average molecular weight is 234 g/mol. The molecular formula is C13H18N2O2. The molecule has 0 saturated carbocycles. The smallest absolute Gasteiger partial charge is 0.245 e. The van der Waals surface area contributed by atoms with Gasteiger partial charge in [0.05, 0.1) is 6.21 Å². The fourth-order valence-corrected chi connectivity index (χ4v) is 1.11. The number of aryl methyl sites for hydroxylation is 1. The molecule has 0 aliphatic rings. The molecule has 17 heavy (non-hydrogen) atoms. The highest BCUT2D eigenvalue weighted by Gasteiger charge is 2.20. The average Bonchev–Trinajstić information content (AvgIpc) is 2.21. The Balaban J connectivity index is 2.72. The number of amides is 1. The van der Waals surface area contributed by atoms with Gasteiger partial charge in [0, 0.05) is 11.0 Å². The molecule has 0 saturated heterocycles. The number of nitrogens with zero attached hydrogens (tertiary/aromatic N) is 1. The molecule has 0 fully saturated rings. The molecule has 4 nitrogen and oxygen atoms in total. The zero-order valence-corrected chi connectivity index (χ0v) is 10.6. The number of phenols is 1. The lowest BCUT2D eigenvalue weighted by molar-refractivity contribution is -0.128. The highest BCUT2D eigenvalue weighted by molar-refractivity contribution is 5.86. The van der Waals surface area contributed by atoms with Crippen LogP contribution in [-0.4, -0.2) is 17.2 Å². The lowest BCUT2D eigenvalue weighted by Gasteiger charge is -2.14. The van der Waals surface area contributed by atoms with Crippen molar-refractivity contribution in [2.24, 2.45) is 10.5 Å². The van der Waals surface area contributed by atoms with Crippen LogP contribution in [0.4, 0.5) is 0 Å². The Kier molecular flexibility index (Phi) is 3.89. The maximum atomic E-state index is 11.5. The van der Waals surface area contributed by atoms with Gasteiger partial charge in [-0.2, -0.15) is 5.10 Å². The fraction of sp³-hybridized carbons (Fsp3) is 0.385. The largest absolute Gasteiger partial charge is 0.507 e. The Hall–Kier alpha value is -1.84. The molecule has 0 radical (unpaired) electrons. The van der Waals surface area contributed by atoms with Crippen LogP contribution in [0.5, 0.6) is 5.75 Å². The van der Waals surface area contributed by atoms with Gasteiger partial charge in [0.15, 0.2) is 0 Å². The van der Waals surface area contributed by atoms with Gasteiger partial charge in [-0.15, -0.1) is 0 Å². The molecular weight excluding hydrogens is 216 g/mol. The van der Waals surface area contributed by atoms with Crippen molar-refractivity contribution >= 4 is 12.1 Å². The first-order valence-electron chi connectivity index (χ1n) is 5.44. The van der Waals surface area contributed by atoms with Gasteiger partial charge in [-0.25, -0.2) is 5.43 Å². The Labute approximate surface area is 101 Å². The molecule has 4 heteroatoms. The molecule has 1 aromatic rings. The Morgan fingerprint density at radius 1 is 1.41 bits per heavy atom. The van der Waals surface area contributed by atoms with Crippen molar-refractivity contribution in [3.63, 3.8) is 0 Å². The second kappa shape index (κ2) is 4.99. The lowest BCUT2D eigenvalue weighted by Crippen LogP contribution is -2.31. The van der Waals surface area contributed by atoms with Gasteiger partial charge in [-0.1, -0.05) is 32.4 Å². The van der Waals surface area contributed by atoms with E-state index >= 15 is 0 Å². The summed E-state index contributed by atoms with van der Waals surface area (Å²) in [5, 5.41) is 13.4. The second-order valence-electron chi connectivity index (χ2n) is 5.01. The van der Waals surface area contributed by atoms with Crippen molar-refractivity contribution < 1.29 is 9.90 Å². The molecule has 0 bridgehead atoms. The number of rotatable bonds is 2. The molecule has 0 spiro atoms. The van der Waals surface area contributed by atoms with Gasteiger partial charge in [0.25, 0.3) is 0 Å². The summed E-state index contributed by atoms with van der Waals surface area (Å²) in [6.07, 6.45) is 1.44. The fourth-order valence-electron chi connectivity index (χ4n) is 1.11. The summed E-state index contributed by atoms with van der Waals surface area (Å²) in [7, 11) is 0. The van der Waals surface area contributed by atoms with Crippen molar-refractivity contribution in [1.82, 2.24) is 5.43 Å². The number of benzene rings is 1. The minimum Gasteiger partial charge on any atom is -0.507 e. The lowest BCUT2D eigenvalue weighted by atomic mass is 9.96. The van der Waals surface area contributed by atoms with Crippen LogP contribution in [0.15, 0.2) is 23.3 Å². The normalized spacial score (nSPS) is 11.8. The third kappa shape index (κ3) is 3.90. The van der Waals surface area contributed by atoms with Crippen molar-refractivity contribution in [2.45, 2.75) is 27.7 Å². The van der Waals surface area contributed by atoms with Gasteiger partial charge in [0.2, 0.25) is 5.91 Å². The van der Waals surface area contributed by atoms with Gasteiger partial charge in [0.1, 0.15) is 5.75 Å². The highest BCUT2D eigenvalue weighted by atomic mass is 16.3. The number of carbonyl (C=O) groups is 1. The molecule has 0 unspecified atom stereocenters. The predicted molar refractivity (Wildman–Crippen MR) is 68.0 cm³/mol. The maximum Gasteiger partial charge on any atom is 0.245 e. The third-order valence-corrected chi connectivity index (χ3v) is 2.23. The number of aromatic hydroxyl groups is 1. The maximum absolute atomic E-state index is 11.5. The summed E-state index contributed by atoms with van der Waals surface area (Å²) < 4.78 is 0. The van der Waals surface area contributed by atoms with Crippen LogP contribution in [0.3, 0.4) is 0 Å². The molecule has 0 aliphatic heterocycles. The molecule has 1 amide bonds. The molecule has 0 aliphatic carbocycles. The summed E-state index contributed by atoms with van der Waals surface area (Å²) in [4.78, 5) is 11.5. The van der Waals surface area contributed by atoms with Crippen LogP contribution >= 0.6 is 0 Å². The van der Waals surface area contributed by atoms with E-state index < -0.39 is 5.41 Å². The van der Waals surface area contributed by atoms with Crippen LogP contribution in [0.1, 0.15) is 31.9 Å². The number of hydrogen-bond acceptors (Lipinski definition) is 3. The number of phenolic OH excluding ortho intramolecular Hbond substituents is 1. The van der Waals surface area contributed by atoms with Gasteiger partial charge in [-0.3, -0.25) is 4.79 Å². The van der Waals surface area contributed by atoms with E-state index in [-0.39, 0.29) is 11.7 Å². The topological polar surface area (TPSA) is 61.7 Å². The van der Waals surface area contributed by atoms with Crippen LogP contribution < -0.4 is 5.43 Å². The van der Waals surface area contributed by atoms with Gasteiger partial charge < -0.3 is 5.11 Å². The van der Waals surface area contributed by atoms with E-state index in [0.717, 1.165) is 5.56 Å². The summed E-state index contributed by atoms with van der Waals surface area (Å²) in [5.74, 6) is -0.0229. The van der Waals surface area contributed by atoms with E-state index in [1.807, 2.05) is 27.7 Å². The summed E-state index contributed by atoms with van der Waals surface area (Å²) >= 11 is 0. The molecule has 0 aromatic heterocycles. The standard InChI is InChI=1S/C13H18N2O2/c1-9-5-6-11(16)10(7-9)8-14-15-12(17)13(2,3)4/h5-8,16H,1-4H3,(H,15,17)/b14-8+. The van der Waals surface area contributed by atoms with E-state index in [9.17, 15) is 9.90 Å². The Morgan fingerprint density at radius 3 is 2.65 bits per heavy atom. The molecule has 1 aromatic carbocycles. The van der Waals surface area contributed by atoms with Crippen molar-refractivity contribution in [1.29, 1.82) is 0 Å². The van der Waals surface area contributed by atoms with E-state index in [4.69, 9.17) is 0 Å². The minimum atomic E-state index is -0.480. The first-order chi connectivity index (χ1) is 7.80. The number of carbonyl (C=O) groups excluding carboxylic acids is 1. The summed E-state index contributed by atoms with van der Waals surface area (Å²) in [6, 6.07) is 5.20.